The molecule has 0 aliphatic heterocycles. The van der Waals surface area contributed by atoms with Crippen LogP contribution in [0.25, 0.3) is 0 Å². The zero-order chi connectivity index (χ0) is 67.4. The smallest absolute Gasteiger partial charge is 0.156 e. The Kier molecular flexibility index (Phi) is 18.0. The van der Waals surface area contributed by atoms with E-state index >= 15 is 0 Å². The molecular formula is C82H118N2O10. The van der Waals surface area contributed by atoms with E-state index in [9.17, 15) is 59.7 Å². The number of Topliss-reactive ketones (excluding diaryl/α,β-unsaturated/α-hetero) is 6. The third-order valence-electron chi connectivity index (χ3n) is 33.6. The van der Waals surface area contributed by atoms with Gasteiger partial charge >= 0.3 is 0 Å². The van der Waals surface area contributed by atoms with Crippen molar-refractivity contribution < 1.29 is 49.2 Å². The highest BCUT2D eigenvalue weighted by Gasteiger charge is 2.68. The van der Waals surface area contributed by atoms with Crippen LogP contribution in [0.2, 0.25) is 0 Å². The molecule has 14 fully saturated rings. The minimum absolute atomic E-state index is 0.0551. The van der Waals surface area contributed by atoms with Crippen molar-refractivity contribution >= 4 is 34.7 Å². The molecule has 14 saturated carbocycles. The fraction of sp³-hybridized carbons (Fsp3) is 0.854. The minimum atomic E-state index is -0.235. The first kappa shape index (κ1) is 68.8. The van der Waals surface area contributed by atoms with Crippen molar-refractivity contribution in [3.05, 3.63) is 23.3 Å². The van der Waals surface area contributed by atoms with Gasteiger partial charge in [-0.05, 0) is 290 Å². The fourth-order valence-electron chi connectivity index (χ4n) is 29.0. The number of nitrogens with zero attached hydrogens (tertiary/aromatic N) is 2. The van der Waals surface area contributed by atoms with Gasteiger partial charge in [0.2, 0.25) is 0 Å². The van der Waals surface area contributed by atoms with E-state index in [1.165, 1.54) is 0 Å². The summed E-state index contributed by atoms with van der Waals surface area (Å²) in [4.78, 5) is 77.2. The van der Waals surface area contributed by atoms with E-state index in [1.807, 2.05) is 0 Å². The summed E-state index contributed by atoms with van der Waals surface area (Å²) in [6.45, 7) is 21.4. The van der Waals surface area contributed by atoms with Crippen LogP contribution in [0.15, 0.2) is 23.3 Å². The first-order valence-corrected chi connectivity index (χ1v) is 38.4. The lowest BCUT2D eigenvalue weighted by Gasteiger charge is -2.59. The number of aliphatic hydroxyl groups excluding tert-OH is 4. The molecule has 12 heteroatoms. The number of aliphatic hydroxyl groups is 4. The molecule has 30 atom stereocenters. The largest absolute Gasteiger partial charge is 0.393 e. The normalized spacial score (nSPS) is 53.0. The summed E-state index contributed by atoms with van der Waals surface area (Å²) in [5, 5.41) is 59.3. The van der Waals surface area contributed by atoms with Crippen molar-refractivity contribution in [1.82, 2.24) is 0 Å². The van der Waals surface area contributed by atoms with Gasteiger partial charge in [0.1, 0.15) is 28.9 Å². The van der Waals surface area contributed by atoms with Crippen LogP contribution in [-0.2, 0) is 28.8 Å². The highest BCUT2D eigenvalue weighted by molar-refractivity contribution is 5.97. The standard InChI is InChI=1S/C21H32O3.C21H30O3.C20H29NO2.C20H27NO2/c2*1-12(22)16-6-7-17-15-5-4-13-10-14(23)8-9-20(13,2)19(15)18(24)11-21(16,17)3;2*1-19-8-7-14(22)9-12(19)3-5-15-16-6-4-13(11-21)20(16,2)10-17(23)18(15)19/h13-17,19,23H,4-11H2,1-3H3;6,13-15,17,19,23H,4-5,7-11H2,1-3H3;12-16,18,22H,3-10H2,1-2H3;4,12,14-16,18,22H,3,5-10H2,1-2H3/t13-,14+,15-,16+,17-,19+,20-,21+;13-,14+,15-,17-,19+,20-,21+;12-,13+,14+,15-,16-,18+,19-,20+;12-,14+,15-,16-,18+,19-,20+/m0000/s1. The van der Waals surface area contributed by atoms with Crippen LogP contribution in [0.1, 0.15) is 262 Å². The maximum absolute atomic E-state index is 13.3. The van der Waals surface area contributed by atoms with E-state index in [0.717, 1.165) is 178 Å². The summed E-state index contributed by atoms with van der Waals surface area (Å²) in [7, 11) is 0. The van der Waals surface area contributed by atoms with Gasteiger partial charge in [0.15, 0.2) is 5.78 Å². The van der Waals surface area contributed by atoms with Crippen LogP contribution in [0.4, 0.5) is 0 Å². The molecule has 0 aromatic rings. The summed E-state index contributed by atoms with van der Waals surface area (Å²) >= 11 is 0. The topological polar surface area (TPSA) is 231 Å². The van der Waals surface area contributed by atoms with Crippen LogP contribution in [0.5, 0.6) is 0 Å². The van der Waals surface area contributed by atoms with Crippen molar-refractivity contribution in [2.75, 3.05) is 0 Å². The predicted octanol–water partition coefficient (Wildman–Crippen LogP) is 14.8. The van der Waals surface area contributed by atoms with Crippen molar-refractivity contribution in [3.8, 4) is 12.1 Å². The van der Waals surface area contributed by atoms with E-state index in [1.54, 1.807) is 13.8 Å². The number of hydrogen-bond acceptors (Lipinski definition) is 12. The first-order valence-electron chi connectivity index (χ1n) is 38.4. The molecule has 4 N–H and O–H groups in total. The van der Waals surface area contributed by atoms with Crippen molar-refractivity contribution in [2.45, 2.75) is 286 Å². The summed E-state index contributed by atoms with van der Waals surface area (Å²) in [6, 6.07) is 4.87. The van der Waals surface area contributed by atoms with Gasteiger partial charge in [0.05, 0.1) is 42.5 Å². The molecule has 0 radical (unpaired) electrons. The van der Waals surface area contributed by atoms with Crippen molar-refractivity contribution in [2.24, 2.45) is 150 Å². The Morgan fingerprint density at radius 2 is 0.766 bits per heavy atom. The second-order valence-corrected chi connectivity index (χ2v) is 37.6. The summed E-state index contributed by atoms with van der Waals surface area (Å²) in [6.07, 6.45) is 31.8. The number of allylic oxidation sites excluding steroid dienone is 4. The molecule has 0 aromatic heterocycles. The Bertz CT molecular complexity index is 3120. The van der Waals surface area contributed by atoms with Crippen molar-refractivity contribution in [3.63, 3.8) is 0 Å². The van der Waals surface area contributed by atoms with Crippen molar-refractivity contribution in [1.29, 1.82) is 10.5 Å². The number of carbonyl (C=O) groups is 6. The van der Waals surface area contributed by atoms with Gasteiger partial charge in [-0.2, -0.15) is 10.5 Å². The lowest BCUT2D eigenvalue weighted by Crippen LogP contribution is -2.58. The lowest BCUT2D eigenvalue weighted by atomic mass is 9.44. The molecular weight excluding hydrogens is 1170 g/mol. The number of hydrogen-bond donors (Lipinski definition) is 4. The minimum Gasteiger partial charge on any atom is -0.393 e. The van der Waals surface area contributed by atoms with Crippen LogP contribution in [-0.4, -0.2) is 79.5 Å². The van der Waals surface area contributed by atoms with Gasteiger partial charge in [0, 0.05) is 71.7 Å². The molecule has 16 rings (SSSR count). The fourth-order valence-corrected chi connectivity index (χ4v) is 29.0. The Hall–Kier alpha value is -3.68. The first-order chi connectivity index (χ1) is 44.3. The zero-order valence-electron chi connectivity index (χ0n) is 59.2. The van der Waals surface area contributed by atoms with E-state index < -0.39 is 0 Å². The van der Waals surface area contributed by atoms with Crippen LogP contribution in [0, 0.1) is 173 Å². The third-order valence-corrected chi connectivity index (χ3v) is 33.6. The molecule has 0 spiro atoms. The molecule has 16 aliphatic carbocycles. The van der Waals surface area contributed by atoms with Gasteiger partial charge in [-0.15, -0.1) is 0 Å². The highest BCUT2D eigenvalue weighted by atomic mass is 16.3. The molecule has 0 amide bonds. The molecule has 0 saturated heterocycles. The predicted molar refractivity (Wildman–Crippen MR) is 359 cm³/mol. The molecule has 0 aromatic carbocycles. The molecule has 12 nitrogen and oxygen atoms in total. The number of fused-ring (bicyclic) bond motifs is 20. The SMILES string of the molecule is CC(=O)C1=CC[C@H]2[C@@H]3CC[C@H]4C[C@H](O)CC[C@]4(C)[C@H]3C(=O)C[C@]12C.CC(=O)[C@H]1CC[C@H]2[C@@H]3CC[C@H]4C[C@H](O)CC[C@]4(C)[C@H]3C(=O)C[C@]12C.C[C@]12CC[C@@H](O)C[C@@H]1CC[C@@H]1[C@@H]2C(=O)C[C@]2(C)C(C#N)=CC[C@@H]12.C[C@]12CC[C@@H](O)C[C@@H]1CC[C@H]1[C@@H]3CC[C@H](C#N)[C@@]3(C)CC(=O)[C@@H]12. The Morgan fingerprint density at radius 3 is 1.16 bits per heavy atom. The number of ketones is 6. The summed E-state index contributed by atoms with van der Waals surface area (Å²) in [5.74, 6) is 8.66. The average Bonchev–Trinajstić information content (AvgIpc) is 1.34. The molecule has 0 heterocycles. The van der Waals surface area contributed by atoms with Gasteiger partial charge in [-0.3, -0.25) is 28.8 Å². The molecule has 16 aliphatic rings. The maximum atomic E-state index is 13.3. The van der Waals surface area contributed by atoms with Gasteiger partial charge < -0.3 is 20.4 Å². The summed E-state index contributed by atoms with van der Waals surface area (Å²) < 4.78 is 0. The zero-order valence-corrected chi connectivity index (χ0v) is 59.2. The van der Waals surface area contributed by atoms with Crippen LogP contribution >= 0.6 is 0 Å². The quantitative estimate of drug-likeness (QED) is 0.202. The van der Waals surface area contributed by atoms with E-state index in [-0.39, 0.29) is 115 Å². The Balaban J connectivity index is 0.000000114. The van der Waals surface area contributed by atoms with Crippen LogP contribution in [0.3, 0.4) is 0 Å². The number of nitriles is 2. The third kappa shape index (κ3) is 10.6. The van der Waals surface area contributed by atoms with Gasteiger partial charge in [-0.1, -0.05) is 67.5 Å². The molecule has 0 bridgehead atoms. The number of carbonyl (C=O) groups excluding carboxylic acids is 6. The number of rotatable bonds is 2. The van der Waals surface area contributed by atoms with E-state index in [4.69, 9.17) is 0 Å². The Morgan fingerprint density at radius 1 is 0.415 bits per heavy atom. The van der Waals surface area contributed by atoms with Gasteiger partial charge in [-0.25, -0.2) is 0 Å². The maximum Gasteiger partial charge on any atom is 0.156 e. The Labute approximate surface area is 563 Å². The highest BCUT2D eigenvalue weighted by Crippen LogP contribution is 2.71. The average molecular weight is 1290 g/mol. The molecule has 94 heavy (non-hydrogen) atoms. The summed E-state index contributed by atoms with van der Waals surface area (Å²) in [5.41, 5.74) is 1.42. The van der Waals surface area contributed by atoms with E-state index in [2.05, 4.69) is 79.7 Å². The van der Waals surface area contributed by atoms with E-state index in [0.29, 0.717) is 120 Å². The van der Waals surface area contributed by atoms with Crippen LogP contribution < -0.4 is 0 Å². The second kappa shape index (κ2) is 24.6. The second-order valence-electron chi connectivity index (χ2n) is 37.6. The monoisotopic (exact) mass is 1290 g/mol. The van der Waals surface area contributed by atoms with Gasteiger partial charge in [0.25, 0.3) is 0 Å². The lowest BCUT2D eigenvalue weighted by molar-refractivity contribution is -0.162. The molecule has 0 unspecified atom stereocenters. The molecule has 516 valence electrons.